The summed E-state index contributed by atoms with van der Waals surface area (Å²) in [6.45, 7) is 0.953. The topological polar surface area (TPSA) is 0 Å². The zero-order valence-corrected chi connectivity index (χ0v) is 10.2. The Morgan fingerprint density at radius 1 is 1.43 bits per heavy atom. The maximum Gasteiger partial charge on any atom is 0.246 e. The second-order valence-electron chi connectivity index (χ2n) is 3.13. The maximum atomic E-state index is 12.5. The van der Waals surface area contributed by atoms with Gasteiger partial charge in [-0.2, -0.15) is 0 Å². The van der Waals surface area contributed by atoms with Crippen molar-refractivity contribution in [1.82, 2.24) is 0 Å². The Kier molecular flexibility index (Phi) is 4.38. The van der Waals surface area contributed by atoms with Gasteiger partial charge in [-0.3, -0.25) is 0 Å². The molecule has 78 valence electrons. The van der Waals surface area contributed by atoms with Crippen LogP contribution in [-0.4, -0.2) is 11.7 Å². The molecule has 0 fully saturated rings. The molecule has 0 unspecified atom stereocenters. The minimum Gasteiger partial charge on any atom is -0.207 e. The third-order valence-corrected chi connectivity index (χ3v) is 3.09. The maximum absolute atomic E-state index is 12.5. The van der Waals surface area contributed by atoms with Crippen molar-refractivity contribution >= 4 is 27.7 Å². The van der Waals surface area contributed by atoms with Gasteiger partial charge in [0.25, 0.3) is 0 Å². The first-order valence-electron chi connectivity index (χ1n) is 4.23. The summed E-state index contributed by atoms with van der Waals surface area (Å²) >= 11 is 4.78. The monoisotopic (exact) mass is 280 g/mol. The van der Waals surface area contributed by atoms with Crippen molar-refractivity contribution in [3.8, 4) is 0 Å². The van der Waals surface area contributed by atoms with Crippen LogP contribution in [0.15, 0.2) is 33.6 Å². The minimum absolute atomic E-state index is 0.0792. The molecule has 0 aliphatic heterocycles. The lowest BCUT2D eigenvalue weighted by atomic mass is 10.3. The fraction of sp³-hybridized carbons (Fsp3) is 0.400. The fourth-order valence-corrected chi connectivity index (χ4v) is 2.54. The number of hydrogen-bond donors (Lipinski definition) is 0. The molecule has 1 aromatic rings. The molecule has 0 saturated carbocycles. The Morgan fingerprint density at radius 2 is 2.14 bits per heavy atom. The molecule has 0 spiro atoms. The Morgan fingerprint density at radius 3 is 2.71 bits per heavy atom. The molecule has 0 N–H and O–H groups in total. The first-order valence-corrected chi connectivity index (χ1v) is 6.01. The second kappa shape index (κ2) is 5.12. The van der Waals surface area contributed by atoms with E-state index >= 15 is 0 Å². The number of alkyl halides is 2. The Labute approximate surface area is 95.2 Å². The van der Waals surface area contributed by atoms with E-state index in [1.54, 1.807) is 0 Å². The van der Waals surface area contributed by atoms with Crippen LogP contribution in [0.1, 0.15) is 13.3 Å². The van der Waals surface area contributed by atoms with E-state index in [0.717, 1.165) is 16.3 Å². The Balaban J connectivity index is 2.39. The molecule has 0 amide bonds. The Hall–Kier alpha value is -0.0900. The van der Waals surface area contributed by atoms with Crippen LogP contribution in [0.5, 0.6) is 0 Å². The summed E-state index contributed by atoms with van der Waals surface area (Å²) in [5.74, 6) is -2.11. The lowest BCUT2D eigenvalue weighted by Crippen LogP contribution is -2.10. The fourth-order valence-electron chi connectivity index (χ4n) is 0.905. The van der Waals surface area contributed by atoms with Gasteiger partial charge in [0.1, 0.15) is 0 Å². The average molecular weight is 281 g/mol. The van der Waals surface area contributed by atoms with Crippen LogP contribution in [0.2, 0.25) is 0 Å². The summed E-state index contributed by atoms with van der Waals surface area (Å²) in [7, 11) is 0. The number of rotatable bonds is 4. The van der Waals surface area contributed by atoms with Gasteiger partial charge in [-0.05, 0) is 25.1 Å². The minimum atomic E-state index is -2.56. The molecule has 0 heterocycles. The highest BCUT2D eigenvalue weighted by Gasteiger charge is 2.19. The molecular formula is C10H11BrF2S. The number of thioether (sulfide) groups is 1. The van der Waals surface area contributed by atoms with Crippen LogP contribution in [0.25, 0.3) is 0 Å². The molecule has 1 rings (SSSR count). The molecule has 1 aromatic carbocycles. The van der Waals surface area contributed by atoms with Crippen molar-refractivity contribution in [3.05, 3.63) is 28.7 Å². The highest BCUT2D eigenvalue weighted by molar-refractivity contribution is 9.10. The van der Waals surface area contributed by atoms with Crippen molar-refractivity contribution in [2.75, 3.05) is 5.75 Å². The summed E-state index contributed by atoms with van der Waals surface area (Å²) in [5, 5.41) is 0. The summed E-state index contributed by atoms with van der Waals surface area (Å²) in [6.07, 6.45) is -0.0792. The molecule has 0 atom stereocenters. The molecule has 0 aromatic heterocycles. The molecule has 0 bridgehead atoms. The zero-order chi connectivity index (χ0) is 10.6. The van der Waals surface area contributed by atoms with Gasteiger partial charge in [0, 0.05) is 21.5 Å². The molecule has 0 aliphatic carbocycles. The lowest BCUT2D eigenvalue weighted by Gasteiger charge is -2.08. The Bertz CT molecular complexity index is 296. The van der Waals surface area contributed by atoms with Crippen LogP contribution in [0, 0.1) is 0 Å². The predicted molar refractivity (Wildman–Crippen MR) is 60.1 cm³/mol. The number of halogens is 3. The third-order valence-electron chi connectivity index (χ3n) is 1.61. The summed E-state index contributed by atoms with van der Waals surface area (Å²) in [5.41, 5.74) is 0. The van der Waals surface area contributed by atoms with E-state index in [1.807, 2.05) is 24.3 Å². The van der Waals surface area contributed by atoms with Gasteiger partial charge in [0.15, 0.2) is 0 Å². The summed E-state index contributed by atoms with van der Waals surface area (Å²) < 4.78 is 25.9. The van der Waals surface area contributed by atoms with Gasteiger partial charge >= 0.3 is 0 Å². The standard InChI is InChI=1S/C10H11BrF2S/c1-10(12,13)5-6-14-9-4-2-3-8(11)7-9/h2-4,7H,5-6H2,1H3. The number of hydrogen-bond acceptors (Lipinski definition) is 1. The summed E-state index contributed by atoms with van der Waals surface area (Å²) in [4.78, 5) is 1.02. The lowest BCUT2D eigenvalue weighted by molar-refractivity contribution is 0.0194. The van der Waals surface area contributed by atoms with Crippen molar-refractivity contribution in [1.29, 1.82) is 0 Å². The molecule has 0 aliphatic rings. The molecule has 4 heteroatoms. The number of benzene rings is 1. The first kappa shape index (κ1) is 12.0. The largest absolute Gasteiger partial charge is 0.246 e. The molecular weight excluding hydrogens is 270 g/mol. The van der Waals surface area contributed by atoms with E-state index in [1.165, 1.54) is 11.8 Å². The highest BCUT2D eigenvalue weighted by Crippen LogP contribution is 2.26. The van der Waals surface area contributed by atoms with Gasteiger partial charge in [-0.25, -0.2) is 8.78 Å². The van der Waals surface area contributed by atoms with Gasteiger partial charge in [0.05, 0.1) is 0 Å². The van der Waals surface area contributed by atoms with E-state index in [-0.39, 0.29) is 6.42 Å². The summed E-state index contributed by atoms with van der Waals surface area (Å²) in [6, 6.07) is 7.66. The van der Waals surface area contributed by atoms with Crippen molar-refractivity contribution < 1.29 is 8.78 Å². The van der Waals surface area contributed by atoms with Crippen LogP contribution in [0.3, 0.4) is 0 Å². The van der Waals surface area contributed by atoms with Gasteiger partial charge in [-0.15, -0.1) is 11.8 Å². The van der Waals surface area contributed by atoms with Crippen LogP contribution < -0.4 is 0 Å². The van der Waals surface area contributed by atoms with Crippen LogP contribution >= 0.6 is 27.7 Å². The second-order valence-corrected chi connectivity index (χ2v) is 5.21. The van der Waals surface area contributed by atoms with Gasteiger partial charge < -0.3 is 0 Å². The molecule has 0 nitrogen and oxygen atoms in total. The van der Waals surface area contributed by atoms with Crippen molar-refractivity contribution in [2.45, 2.75) is 24.2 Å². The van der Waals surface area contributed by atoms with E-state index < -0.39 is 5.92 Å². The van der Waals surface area contributed by atoms with E-state index in [9.17, 15) is 8.78 Å². The van der Waals surface area contributed by atoms with E-state index in [4.69, 9.17) is 0 Å². The molecule has 14 heavy (non-hydrogen) atoms. The van der Waals surface area contributed by atoms with Crippen molar-refractivity contribution in [3.63, 3.8) is 0 Å². The first-order chi connectivity index (χ1) is 6.47. The smallest absolute Gasteiger partial charge is 0.207 e. The quantitative estimate of drug-likeness (QED) is 0.727. The zero-order valence-electron chi connectivity index (χ0n) is 7.77. The highest BCUT2D eigenvalue weighted by atomic mass is 79.9. The van der Waals surface area contributed by atoms with Gasteiger partial charge in [-0.1, -0.05) is 22.0 Å². The SMILES string of the molecule is CC(F)(F)CCSc1cccc(Br)c1. The van der Waals surface area contributed by atoms with Gasteiger partial charge in [0.2, 0.25) is 5.92 Å². The molecule has 0 radical (unpaired) electrons. The van der Waals surface area contributed by atoms with Crippen LogP contribution in [0.4, 0.5) is 8.78 Å². The average Bonchev–Trinajstić information content (AvgIpc) is 2.01. The normalized spacial score (nSPS) is 11.7. The van der Waals surface area contributed by atoms with Crippen LogP contribution in [-0.2, 0) is 0 Å². The van der Waals surface area contributed by atoms with E-state index in [2.05, 4.69) is 15.9 Å². The van der Waals surface area contributed by atoms with Crippen molar-refractivity contribution in [2.24, 2.45) is 0 Å². The predicted octanol–water partition coefficient (Wildman–Crippen LogP) is 4.59. The third kappa shape index (κ3) is 4.96. The molecule has 0 saturated heterocycles. The van der Waals surface area contributed by atoms with E-state index in [0.29, 0.717) is 5.75 Å².